The molecule has 0 spiro atoms. The second-order valence-electron chi connectivity index (χ2n) is 4.08. The van der Waals surface area contributed by atoms with Crippen molar-refractivity contribution in [2.75, 3.05) is 13.1 Å². The third-order valence-electron chi connectivity index (χ3n) is 2.72. The first-order valence-corrected chi connectivity index (χ1v) is 5.88. The van der Waals surface area contributed by atoms with Gasteiger partial charge in [0.05, 0.1) is 29.0 Å². The Bertz CT molecular complexity index is 419. The zero-order valence-corrected chi connectivity index (χ0v) is 10.2. The van der Waals surface area contributed by atoms with Crippen LogP contribution in [0.5, 0.6) is 0 Å². The maximum atomic E-state index is 12.4. The van der Waals surface area contributed by atoms with Gasteiger partial charge >= 0.3 is 6.18 Å². The average molecular weight is 281 g/mol. The Morgan fingerprint density at radius 1 is 1.50 bits per heavy atom. The van der Waals surface area contributed by atoms with Gasteiger partial charge in [-0.05, 0) is 19.0 Å². The molecule has 0 bridgehead atoms. The quantitative estimate of drug-likeness (QED) is 0.924. The van der Waals surface area contributed by atoms with Gasteiger partial charge in [-0.3, -0.25) is 4.98 Å². The van der Waals surface area contributed by atoms with Crippen LogP contribution in [0.3, 0.4) is 0 Å². The van der Waals surface area contributed by atoms with Crippen LogP contribution in [0.15, 0.2) is 12.3 Å². The van der Waals surface area contributed by atoms with Crippen LogP contribution in [0, 0.1) is 0 Å². The van der Waals surface area contributed by atoms with Gasteiger partial charge in [0.1, 0.15) is 0 Å². The van der Waals surface area contributed by atoms with Crippen molar-refractivity contribution in [3.05, 3.63) is 28.5 Å². The lowest BCUT2D eigenvalue weighted by Crippen LogP contribution is -2.17. The normalized spacial score (nSPS) is 20.3. The molecule has 2 heterocycles. The summed E-state index contributed by atoms with van der Waals surface area (Å²) in [7, 11) is 0. The van der Waals surface area contributed by atoms with Crippen molar-refractivity contribution in [1.82, 2.24) is 10.3 Å². The zero-order chi connectivity index (χ0) is 13.2. The Balaban J connectivity index is 2.01. The lowest BCUT2D eigenvalue weighted by atomic mass is 10.2. The Labute approximate surface area is 107 Å². The molecule has 0 aromatic carbocycles. The summed E-state index contributed by atoms with van der Waals surface area (Å²) in [6.07, 6.45) is -2.69. The Morgan fingerprint density at radius 3 is 2.83 bits per heavy atom. The molecule has 1 aliphatic heterocycles. The van der Waals surface area contributed by atoms with Crippen molar-refractivity contribution in [2.45, 2.75) is 25.3 Å². The summed E-state index contributed by atoms with van der Waals surface area (Å²) < 4.78 is 42.7. The molecule has 0 unspecified atom stereocenters. The summed E-state index contributed by atoms with van der Waals surface area (Å²) in [4.78, 5) is 3.71. The fourth-order valence-corrected chi connectivity index (χ4v) is 1.92. The molecular formula is C11H12ClF3N2O. The smallest absolute Gasteiger partial charge is 0.370 e. The average Bonchev–Trinajstić information content (AvgIpc) is 2.79. The second-order valence-corrected chi connectivity index (χ2v) is 4.48. The molecule has 1 aromatic heterocycles. The first-order valence-electron chi connectivity index (χ1n) is 5.51. The third-order valence-corrected chi connectivity index (χ3v) is 3.04. The van der Waals surface area contributed by atoms with Crippen LogP contribution in [0.1, 0.15) is 17.7 Å². The number of alkyl halides is 3. The minimum Gasteiger partial charge on any atom is -0.370 e. The SMILES string of the molecule is FC(F)(F)c1cnc(CO[C@@H]2CCNC2)c(Cl)c1. The van der Waals surface area contributed by atoms with Crippen LogP contribution in [0.4, 0.5) is 13.2 Å². The molecule has 0 aliphatic carbocycles. The maximum absolute atomic E-state index is 12.4. The van der Waals surface area contributed by atoms with Crippen LogP contribution in [-0.4, -0.2) is 24.2 Å². The van der Waals surface area contributed by atoms with Gasteiger partial charge in [0.25, 0.3) is 0 Å². The fraction of sp³-hybridized carbons (Fsp3) is 0.545. The molecule has 1 fully saturated rings. The van der Waals surface area contributed by atoms with Crippen LogP contribution < -0.4 is 5.32 Å². The summed E-state index contributed by atoms with van der Waals surface area (Å²) in [5, 5.41) is 3.11. The van der Waals surface area contributed by atoms with E-state index < -0.39 is 11.7 Å². The summed E-state index contributed by atoms with van der Waals surface area (Å²) in [6.45, 7) is 1.76. The number of halogens is 4. The van der Waals surface area contributed by atoms with Gasteiger partial charge in [-0.25, -0.2) is 0 Å². The number of pyridine rings is 1. The topological polar surface area (TPSA) is 34.1 Å². The number of aromatic nitrogens is 1. The first-order chi connectivity index (χ1) is 8.47. The molecule has 1 aromatic rings. The molecule has 1 atom stereocenters. The highest BCUT2D eigenvalue weighted by Crippen LogP contribution is 2.31. The number of hydrogen-bond acceptors (Lipinski definition) is 3. The predicted molar refractivity (Wildman–Crippen MR) is 60.3 cm³/mol. The van der Waals surface area contributed by atoms with Crippen LogP contribution >= 0.6 is 11.6 Å². The van der Waals surface area contributed by atoms with E-state index in [0.717, 1.165) is 31.8 Å². The van der Waals surface area contributed by atoms with Crippen LogP contribution in [0.2, 0.25) is 5.02 Å². The van der Waals surface area contributed by atoms with E-state index in [-0.39, 0.29) is 17.7 Å². The number of hydrogen-bond donors (Lipinski definition) is 1. The first kappa shape index (κ1) is 13.6. The number of nitrogens with zero attached hydrogens (tertiary/aromatic N) is 1. The molecule has 100 valence electrons. The van der Waals surface area contributed by atoms with E-state index in [9.17, 15) is 13.2 Å². The Kier molecular flexibility index (Phi) is 4.09. The highest BCUT2D eigenvalue weighted by atomic mass is 35.5. The summed E-state index contributed by atoms with van der Waals surface area (Å²) in [5.74, 6) is 0. The van der Waals surface area contributed by atoms with Gasteiger partial charge in [-0.15, -0.1) is 0 Å². The zero-order valence-electron chi connectivity index (χ0n) is 9.43. The van der Waals surface area contributed by atoms with Crippen LogP contribution in [0.25, 0.3) is 0 Å². The highest BCUT2D eigenvalue weighted by Gasteiger charge is 2.31. The molecule has 1 aliphatic rings. The fourth-order valence-electron chi connectivity index (χ4n) is 1.69. The number of rotatable bonds is 3. The number of nitrogens with one attached hydrogen (secondary N) is 1. The van der Waals surface area contributed by atoms with Crippen molar-refractivity contribution in [3.8, 4) is 0 Å². The third kappa shape index (κ3) is 3.34. The molecule has 0 saturated carbocycles. The van der Waals surface area contributed by atoms with E-state index >= 15 is 0 Å². The Hall–Kier alpha value is -0.850. The summed E-state index contributed by atoms with van der Waals surface area (Å²) in [6, 6.07) is 0.875. The lowest BCUT2D eigenvalue weighted by Gasteiger charge is -2.12. The van der Waals surface area contributed by atoms with E-state index in [1.165, 1.54) is 0 Å². The largest absolute Gasteiger partial charge is 0.417 e. The van der Waals surface area contributed by atoms with Gasteiger partial charge in [0, 0.05) is 12.7 Å². The van der Waals surface area contributed by atoms with Gasteiger partial charge in [-0.1, -0.05) is 11.6 Å². The maximum Gasteiger partial charge on any atom is 0.417 e. The molecule has 18 heavy (non-hydrogen) atoms. The second kappa shape index (κ2) is 5.42. The van der Waals surface area contributed by atoms with E-state index in [2.05, 4.69) is 10.3 Å². The van der Waals surface area contributed by atoms with Crippen molar-refractivity contribution in [2.24, 2.45) is 0 Å². The van der Waals surface area contributed by atoms with Gasteiger partial charge in [-0.2, -0.15) is 13.2 Å². The molecule has 0 radical (unpaired) electrons. The lowest BCUT2D eigenvalue weighted by molar-refractivity contribution is -0.137. The number of ether oxygens (including phenoxy) is 1. The van der Waals surface area contributed by atoms with E-state index in [4.69, 9.17) is 16.3 Å². The van der Waals surface area contributed by atoms with Crippen molar-refractivity contribution in [1.29, 1.82) is 0 Å². The minimum absolute atomic E-state index is 0.0178. The van der Waals surface area contributed by atoms with E-state index in [1.54, 1.807) is 0 Å². The monoisotopic (exact) mass is 280 g/mol. The standard InChI is InChI=1S/C11H12ClF3N2O/c12-9-3-7(11(13,14)15)4-17-10(9)6-18-8-1-2-16-5-8/h3-4,8,16H,1-2,5-6H2/t8-/m1/s1. The molecule has 0 amide bonds. The molecule has 1 N–H and O–H groups in total. The van der Waals surface area contributed by atoms with Gasteiger partial charge in [0.15, 0.2) is 0 Å². The summed E-state index contributed by atoms with van der Waals surface area (Å²) in [5.41, 5.74) is -0.518. The molecule has 1 saturated heterocycles. The van der Waals surface area contributed by atoms with E-state index in [0.29, 0.717) is 5.69 Å². The predicted octanol–water partition coefficient (Wildman–Crippen LogP) is 2.63. The molecular weight excluding hydrogens is 269 g/mol. The summed E-state index contributed by atoms with van der Waals surface area (Å²) >= 11 is 5.76. The van der Waals surface area contributed by atoms with Gasteiger partial charge < -0.3 is 10.1 Å². The highest BCUT2D eigenvalue weighted by molar-refractivity contribution is 6.31. The molecule has 3 nitrogen and oxygen atoms in total. The van der Waals surface area contributed by atoms with Crippen molar-refractivity contribution < 1.29 is 17.9 Å². The minimum atomic E-state index is -4.43. The van der Waals surface area contributed by atoms with E-state index in [1.807, 2.05) is 0 Å². The molecule has 2 rings (SSSR count). The Morgan fingerprint density at radius 2 is 2.28 bits per heavy atom. The van der Waals surface area contributed by atoms with Gasteiger partial charge in [0.2, 0.25) is 0 Å². The van der Waals surface area contributed by atoms with Crippen LogP contribution in [-0.2, 0) is 17.5 Å². The van der Waals surface area contributed by atoms with Crippen molar-refractivity contribution in [3.63, 3.8) is 0 Å². The molecule has 7 heteroatoms. The van der Waals surface area contributed by atoms with Crippen molar-refractivity contribution >= 4 is 11.6 Å².